The van der Waals surface area contributed by atoms with Crippen LogP contribution in [0.4, 0.5) is 0 Å². The lowest BCUT2D eigenvalue weighted by molar-refractivity contribution is -0.0608. The van der Waals surface area contributed by atoms with Crippen LogP contribution in [0.3, 0.4) is 0 Å². The van der Waals surface area contributed by atoms with Gasteiger partial charge in [-0.1, -0.05) is 44.5 Å². The van der Waals surface area contributed by atoms with Gasteiger partial charge in [0.1, 0.15) is 0 Å². The lowest BCUT2D eigenvalue weighted by Crippen LogP contribution is -2.40. The molecular formula is C14H21ClO2S. The summed E-state index contributed by atoms with van der Waals surface area (Å²) in [5, 5.41) is 10.9. The highest BCUT2D eigenvalue weighted by Crippen LogP contribution is 2.30. The van der Waals surface area contributed by atoms with Gasteiger partial charge in [0.15, 0.2) is 0 Å². The van der Waals surface area contributed by atoms with E-state index in [9.17, 15) is 5.11 Å². The van der Waals surface area contributed by atoms with Gasteiger partial charge in [-0.15, -0.1) is 11.8 Å². The second-order valence-corrected chi connectivity index (χ2v) is 6.80. The average molecular weight is 289 g/mol. The van der Waals surface area contributed by atoms with Crippen molar-refractivity contribution in [1.82, 2.24) is 0 Å². The van der Waals surface area contributed by atoms with Crippen molar-refractivity contribution in [2.75, 3.05) is 12.9 Å². The number of hydrogen-bond donors (Lipinski definition) is 1. The van der Waals surface area contributed by atoms with Crippen LogP contribution in [0.15, 0.2) is 29.2 Å². The first-order valence-corrected chi connectivity index (χ1v) is 7.31. The quantitative estimate of drug-likeness (QED) is 0.835. The first-order valence-electron chi connectivity index (χ1n) is 5.94. The SMILES string of the molecule is COC(C(O)CSc1ccccc1Cl)C(C)(C)C. The number of methoxy groups -OCH3 is 1. The number of halogens is 1. The zero-order valence-corrected chi connectivity index (χ0v) is 12.9. The topological polar surface area (TPSA) is 29.5 Å². The summed E-state index contributed by atoms with van der Waals surface area (Å²) in [6, 6.07) is 7.65. The molecule has 0 fully saturated rings. The highest BCUT2D eigenvalue weighted by molar-refractivity contribution is 7.99. The summed E-state index contributed by atoms with van der Waals surface area (Å²) in [6.07, 6.45) is -0.705. The number of benzene rings is 1. The van der Waals surface area contributed by atoms with Gasteiger partial charge in [0.25, 0.3) is 0 Å². The lowest BCUT2D eigenvalue weighted by atomic mass is 9.86. The summed E-state index contributed by atoms with van der Waals surface area (Å²) in [5.41, 5.74) is -0.0881. The van der Waals surface area contributed by atoms with Crippen LogP contribution < -0.4 is 0 Å². The molecule has 0 saturated carbocycles. The van der Waals surface area contributed by atoms with Crippen molar-refractivity contribution in [3.63, 3.8) is 0 Å². The molecule has 2 atom stereocenters. The van der Waals surface area contributed by atoms with E-state index in [1.807, 2.05) is 24.3 Å². The Bertz CT molecular complexity index is 376. The maximum atomic E-state index is 10.2. The first kappa shape index (κ1) is 15.8. The summed E-state index contributed by atoms with van der Waals surface area (Å²) in [7, 11) is 1.64. The Kier molecular flexibility index (Phi) is 5.99. The molecule has 0 heterocycles. The molecule has 0 saturated heterocycles. The van der Waals surface area contributed by atoms with Gasteiger partial charge in [0.2, 0.25) is 0 Å². The van der Waals surface area contributed by atoms with Crippen molar-refractivity contribution in [2.24, 2.45) is 5.41 Å². The Balaban J connectivity index is 2.60. The molecule has 2 nitrogen and oxygen atoms in total. The Labute approximate surface area is 119 Å². The smallest absolute Gasteiger partial charge is 0.0900 e. The summed E-state index contributed by atoms with van der Waals surface area (Å²) in [6.45, 7) is 6.18. The molecule has 1 N–H and O–H groups in total. The van der Waals surface area contributed by atoms with E-state index < -0.39 is 6.10 Å². The third-order valence-corrected chi connectivity index (χ3v) is 4.32. The Morgan fingerprint density at radius 1 is 1.33 bits per heavy atom. The van der Waals surface area contributed by atoms with Crippen molar-refractivity contribution in [3.8, 4) is 0 Å². The average Bonchev–Trinajstić information content (AvgIpc) is 2.27. The van der Waals surface area contributed by atoms with Crippen molar-refractivity contribution in [3.05, 3.63) is 29.3 Å². The van der Waals surface area contributed by atoms with Crippen LogP contribution in [0.1, 0.15) is 20.8 Å². The molecule has 18 heavy (non-hydrogen) atoms. The fraction of sp³-hybridized carbons (Fsp3) is 0.571. The fourth-order valence-corrected chi connectivity index (χ4v) is 3.12. The maximum Gasteiger partial charge on any atom is 0.0900 e. The lowest BCUT2D eigenvalue weighted by Gasteiger charge is -2.33. The van der Waals surface area contributed by atoms with E-state index in [1.165, 1.54) is 0 Å². The van der Waals surface area contributed by atoms with Crippen molar-refractivity contribution < 1.29 is 9.84 Å². The zero-order valence-electron chi connectivity index (χ0n) is 11.3. The fourth-order valence-electron chi connectivity index (χ4n) is 1.91. The number of aliphatic hydroxyl groups excluding tert-OH is 1. The van der Waals surface area contributed by atoms with Gasteiger partial charge in [-0.25, -0.2) is 0 Å². The summed E-state index contributed by atoms with van der Waals surface area (Å²) in [5.74, 6) is 0.569. The molecule has 0 aliphatic heterocycles. The van der Waals surface area contributed by atoms with Gasteiger partial charge in [0.05, 0.1) is 17.2 Å². The summed E-state index contributed by atoms with van der Waals surface area (Å²) in [4.78, 5) is 0.988. The molecule has 0 aliphatic carbocycles. The molecule has 1 rings (SSSR count). The van der Waals surface area contributed by atoms with Crippen LogP contribution in [0.5, 0.6) is 0 Å². The van der Waals surface area contributed by atoms with Gasteiger partial charge in [-0.2, -0.15) is 0 Å². The van der Waals surface area contributed by atoms with Crippen LogP contribution in [-0.2, 0) is 4.74 Å². The highest BCUT2D eigenvalue weighted by atomic mass is 35.5. The van der Waals surface area contributed by atoms with E-state index in [1.54, 1.807) is 18.9 Å². The first-order chi connectivity index (χ1) is 8.36. The van der Waals surface area contributed by atoms with E-state index in [-0.39, 0.29) is 11.5 Å². The molecule has 2 unspecified atom stereocenters. The van der Waals surface area contributed by atoms with Gasteiger partial charge < -0.3 is 9.84 Å². The Hall–Kier alpha value is -0.220. The predicted octanol–water partition coefficient (Wildman–Crippen LogP) is 3.85. The zero-order chi connectivity index (χ0) is 13.8. The second-order valence-electron chi connectivity index (χ2n) is 5.33. The molecule has 4 heteroatoms. The van der Waals surface area contributed by atoms with E-state index in [0.717, 1.165) is 9.92 Å². The highest BCUT2D eigenvalue weighted by Gasteiger charge is 2.31. The minimum absolute atomic E-state index is 0.0881. The second kappa shape index (κ2) is 6.80. The largest absolute Gasteiger partial charge is 0.390 e. The molecule has 1 aromatic carbocycles. The molecule has 0 bridgehead atoms. The summed E-state index contributed by atoms with van der Waals surface area (Å²) >= 11 is 7.63. The standard InChI is InChI=1S/C14H21ClO2S/c1-14(2,3)13(17-4)11(16)9-18-12-8-6-5-7-10(12)15/h5-8,11,13,16H,9H2,1-4H3. The molecule has 0 amide bonds. The molecule has 0 aromatic heterocycles. The Morgan fingerprint density at radius 2 is 1.94 bits per heavy atom. The molecular weight excluding hydrogens is 268 g/mol. The monoisotopic (exact) mass is 288 g/mol. The number of hydrogen-bond acceptors (Lipinski definition) is 3. The normalized spacial score (nSPS) is 15.4. The van der Waals surface area contributed by atoms with Crippen molar-refractivity contribution >= 4 is 23.4 Å². The number of aliphatic hydroxyl groups is 1. The molecule has 102 valence electrons. The number of ether oxygens (including phenoxy) is 1. The van der Waals surface area contributed by atoms with E-state index in [4.69, 9.17) is 16.3 Å². The molecule has 0 spiro atoms. The summed E-state index contributed by atoms with van der Waals surface area (Å²) < 4.78 is 5.40. The van der Waals surface area contributed by atoms with Crippen LogP contribution >= 0.6 is 23.4 Å². The maximum absolute atomic E-state index is 10.2. The van der Waals surface area contributed by atoms with Gasteiger partial charge >= 0.3 is 0 Å². The van der Waals surface area contributed by atoms with E-state index in [0.29, 0.717) is 5.75 Å². The minimum Gasteiger partial charge on any atom is -0.390 e. The van der Waals surface area contributed by atoms with Crippen LogP contribution in [0, 0.1) is 5.41 Å². The third-order valence-electron chi connectivity index (χ3n) is 2.70. The van der Waals surface area contributed by atoms with Crippen molar-refractivity contribution in [2.45, 2.75) is 37.9 Å². The van der Waals surface area contributed by atoms with Gasteiger partial charge in [-0.3, -0.25) is 0 Å². The minimum atomic E-state index is -0.517. The van der Waals surface area contributed by atoms with Gasteiger partial charge in [0, 0.05) is 17.8 Å². The third kappa shape index (κ3) is 4.47. The van der Waals surface area contributed by atoms with Crippen LogP contribution in [0.25, 0.3) is 0 Å². The number of rotatable bonds is 5. The Morgan fingerprint density at radius 3 is 2.44 bits per heavy atom. The van der Waals surface area contributed by atoms with Gasteiger partial charge in [-0.05, 0) is 17.5 Å². The predicted molar refractivity (Wildman–Crippen MR) is 78.4 cm³/mol. The molecule has 0 aliphatic rings. The molecule has 1 aromatic rings. The molecule has 0 radical (unpaired) electrons. The van der Waals surface area contributed by atoms with E-state index >= 15 is 0 Å². The van der Waals surface area contributed by atoms with Crippen LogP contribution in [0.2, 0.25) is 5.02 Å². The van der Waals surface area contributed by atoms with Crippen molar-refractivity contribution in [1.29, 1.82) is 0 Å². The number of thioether (sulfide) groups is 1. The van der Waals surface area contributed by atoms with E-state index in [2.05, 4.69) is 20.8 Å². The van der Waals surface area contributed by atoms with Crippen LogP contribution in [-0.4, -0.2) is 30.2 Å².